The molecular formula is C23H31FN4O4S. The Morgan fingerprint density at radius 1 is 1.30 bits per heavy atom. The summed E-state index contributed by atoms with van der Waals surface area (Å²) in [6, 6.07) is 3.02. The first-order valence-corrected chi connectivity index (χ1v) is 11.5. The van der Waals surface area contributed by atoms with E-state index in [4.69, 9.17) is 10.5 Å². The topological polar surface area (TPSA) is 116 Å². The number of thiazole rings is 1. The lowest BCUT2D eigenvalue weighted by Crippen LogP contribution is -2.38. The first-order chi connectivity index (χ1) is 15.4. The van der Waals surface area contributed by atoms with Crippen molar-refractivity contribution in [3.05, 3.63) is 46.0 Å². The Kier molecular flexibility index (Phi) is 9.07. The summed E-state index contributed by atoms with van der Waals surface area (Å²) in [5.41, 5.74) is 5.66. The van der Waals surface area contributed by atoms with Crippen molar-refractivity contribution in [1.29, 1.82) is 0 Å². The summed E-state index contributed by atoms with van der Waals surface area (Å²) in [5, 5.41) is 4.20. The normalized spacial score (nSPS) is 14.0. The first-order valence-electron chi connectivity index (χ1n) is 10.7. The number of anilines is 1. The van der Waals surface area contributed by atoms with E-state index in [1.165, 1.54) is 28.0 Å². The third-order valence-corrected chi connectivity index (χ3v) is 5.71. The predicted molar refractivity (Wildman–Crippen MR) is 125 cm³/mol. The van der Waals surface area contributed by atoms with E-state index in [1.807, 2.05) is 34.6 Å². The highest BCUT2D eigenvalue weighted by Crippen LogP contribution is 2.21. The highest BCUT2D eigenvalue weighted by Gasteiger charge is 2.21. The maximum absolute atomic E-state index is 14.5. The van der Waals surface area contributed by atoms with Gasteiger partial charge in [-0.3, -0.25) is 19.0 Å². The lowest BCUT2D eigenvalue weighted by atomic mass is 9.92. The number of halogens is 1. The average Bonchev–Trinajstić information content (AvgIpc) is 3.17. The van der Waals surface area contributed by atoms with Gasteiger partial charge in [0.2, 0.25) is 5.91 Å². The standard InChI is InChI=1S/C23H31FN4O4S/c1-6-14(2)19(25)21(31)32-13-28-9-10-33-22(28)27-20(30)15-7-8-17(16(24)11-15)26-18(29)12-23(3,4)5/h7-11,14,19H,6,12-13,25H2,1-5H3,(H,26,29). The van der Waals surface area contributed by atoms with Gasteiger partial charge in [-0.05, 0) is 29.5 Å². The quantitative estimate of drug-likeness (QED) is 0.562. The lowest BCUT2D eigenvalue weighted by Gasteiger charge is -2.17. The van der Waals surface area contributed by atoms with Crippen LogP contribution < -0.4 is 15.9 Å². The number of hydrogen-bond acceptors (Lipinski definition) is 6. The van der Waals surface area contributed by atoms with Crippen molar-refractivity contribution in [2.75, 3.05) is 5.32 Å². The Bertz CT molecular complexity index is 1070. The minimum atomic E-state index is -0.735. The molecule has 2 aromatic rings. The fourth-order valence-corrected chi connectivity index (χ4v) is 3.49. The first kappa shape index (κ1) is 26.4. The highest BCUT2D eigenvalue weighted by molar-refractivity contribution is 7.07. The molecular weight excluding hydrogens is 447 g/mol. The van der Waals surface area contributed by atoms with Crippen molar-refractivity contribution in [2.24, 2.45) is 22.1 Å². The van der Waals surface area contributed by atoms with Gasteiger partial charge in [0.15, 0.2) is 11.5 Å². The molecule has 3 N–H and O–H groups in total. The molecule has 0 saturated heterocycles. The summed E-state index contributed by atoms with van der Waals surface area (Å²) in [6.07, 6.45) is 2.59. The van der Waals surface area contributed by atoms with Crippen LogP contribution in [0, 0.1) is 17.2 Å². The molecule has 0 bridgehead atoms. The van der Waals surface area contributed by atoms with E-state index >= 15 is 0 Å². The molecule has 2 amide bonds. The van der Waals surface area contributed by atoms with E-state index in [2.05, 4.69) is 10.3 Å². The number of nitrogens with two attached hydrogens (primary N) is 1. The average molecular weight is 479 g/mol. The van der Waals surface area contributed by atoms with Gasteiger partial charge >= 0.3 is 5.97 Å². The summed E-state index contributed by atoms with van der Waals surface area (Å²) in [5.74, 6) is -2.27. The second kappa shape index (κ2) is 11.3. The summed E-state index contributed by atoms with van der Waals surface area (Å²) < 4.78 is 21.2. The molecule has 0 aliphatic rings. The van der Waals surface area contributed by atoms with Crippen LogP contribution >= 0.6 is 11.3 Å². The number of carbonyl (C=O) groups is 3. The molecule has 0 aliphatic carbocycles. The maximum atomic E-state index is 14.5. The number of ether oxygens (including phenoxy) is 1. The van der Waals surface area contributed by atoms with Crippen LogP contribution in [-0.4, -0.2) is 28.4 Å². The number of aromatic nitrogens is 1. The Morgan fingerprint density at radius 3 is 2.61 bits per heavy atom. The second-order valence-electron chi connectivity index (χ2n) is 9.06. The molecule has 0 radical (unpaired) electrons. The van der Waals surface area contributed by atoms with Gasteiger partial charge in [0.1, 0.15) is 11.9 Å². The molecule has 1 heterocycles. The Morgan fingerprint density at radius 2 is 2.00 bits per heavy atom. The molecule has 2 unspecified atom stereocenters. The molecule has 0 spiro atoms. The van der Waals surface area contributed by atoms with E-state index in [9.17, 15) is 18.8 Å². The lowest BCUT2D eigenvalue weighted by molar-refractivity contribution is -0.150. The number of rotatable bonds is 8. The van der Waals surface area contributed by atoms with Crippen LogP contribution in [0.3, 0.4) is 0 Å². The van der Waals surface area contributed by atoms with Crippen LogP contribution in [0.15, 0.2) is 34.8 Å². The zero-order valence-corrected chi connectivity index (χ0v) is 20.4. The van der Waals surface area contributed by atoms with Crippen molar-refractivity contribution in [3.8, 4) is 0 Å². The van der Waals surface area contributed by atoms with Crippen LogP contribution in [0.2, 0.25) is 0 Å². The fraction of sp³-hybridized carbons (Fsp3) is 0.478. The van der Waals surface area contributed by atoms with Gasteiger partial charge in [-0.25, -0.2) is 4.39 Å². The maximum Gasteiger partial charge on any atom is 0.324 e. The minimum absolute atomic E-state index is 0.00320. The molecule has 180 valence electrons. The largest absolute Gasteiger partial charge is 0.443 e. The molecule has 2 rings (SSSR count). The molecule has 1 aromatic carbocycles. The predicted octanol–water partition coefficient (Wildman–Crippen LogP) is 3.68. The van der Waals surface area contributed by atoms with Crippen molar-refractivity contribution in [2.45, 2.75) is 60.2 Å². The number of nitrogens with zero attached hydrogens (tertiary/aromatic N) is 2. The zero-order valence-electron chi connectivity index (χ0n) is 19.6. The van der Waals surface area contributed by atoms with Gasteiger partial charge < -0.3 is 15.8 Å². The molecule has 0 saturated carbocycles. The van der Waals surface area contributed by atoms with Gasteiger partial charge in [0, 0.05) is 23.6 Å². The number of esters is 1. The Balaban J connectivity index is 2.10. The number of amides is 2. The third-order valence-electron chi connectivity index (χ3n) is 4.91. The van der Waals surface area contributed by atoms with E-state index in [-0.39, 0.29) is 46.4 Å². The molecule has 10 heteroatoms. The van der Waals surface area contributed by atoms with Crippen LogP contribution in [0.5, 0.6) is 0 Å². The van der Waals surface area contributed by atoms with Crippen molar-refractivity contribution in [1.82, 2.24) is 4.57 Å². The number of benzene rings is 1. The molecule has 2 atom stereocenters. The number of hydrogen-bond donors (Lipinski definition) is 2. The van der Waals surface area contributed by atoms with Gasteiger partial charge in [-0.1, -0.05) is 41.0 Å². The fourth-order valence-electron chi connectivity index (χ4n) is 2.78. The molecule has 1 aromatic heterocycles. The molecule has 8 nitrogen and oxygen atoms in total. The van der Waals surface area contributed by atoms with Crippen LogP contribution in [-0.2, 0) is 21.1 Å². The summed E-state index contributed by atoms with van der Waals surface area (Å²) in [4.78, 5) is 41.0. The zero-order chi connectivity index (χ0) is 24.8. The van der Waals surface area contributed by atoms with Crippen LogP contribution in [0.4, 0.5) is 10.1 Å². The van der Waals surface area contributed by atoms with Gasteiger partial charge in [-0.15, -0.1) is 11.3 Å². The van der Waals surface area contributed by atoms with E-state index < -0.39 is 23.7 Å². The van der Waals surface area contributed by atoms with E-state index in [0.29, 0.717) is 0 Å². The second-order valence-corrected chi connectivity index (χ2v) is 9.93. The summed E-state index contributed by atoms with van der Waals surface area (Å²) >= 11 is 1.17. The SMILES string of the molecule is CCC(C)C(N)C(=O)OCn1ccsc1=NC(=O)c1ccc(NC(=O)CC(C)(C)C)c(F)c1. The Hall–Kier alpha value is -2.85. The van der Waals surface area contributed by atoms with Crippen LogP contribution in [0.25, 0.3) is 0 Å². The smallest absolute Gasteiger partial charge is 0.324 e. The van der Waals surface area contributed by atoms with Gasteiger partial charge in [0.25, 0.3) is 5.91 Å². The van der Waals surface area contributed by atoms with Gasteiger partial charge in [-0.2, -0.15) is 4.99 Å². The third kappa shape index (κ3) is 7.90. The highest BCUT2D eigenvalue weighted by atomic mass is 32.1. The monoisotopic (exact) mass is 478 g/mol. The number of nitrogens with one attached hydrogen (secondary N) is 1. The molecule has 0 fully saturated rings. The van der Waals surface area contributed by atoms with E-state index in [0.717, 1.165) is 12.5 Å². The Labute approximate surface area is 196 Å². The number of carbonyl (C=O) groups excluding carboxylic acids is 3. The van der Waals surface area contributed by atoms with Crippen molar-refractivity contribution in [3.63, 3.8) is 0 Å². The summed E-state index contributed by atoms with van der Waals surface area (Å²) in [6.45, 7) is 9.37. The minimum Gasteiger partial charge on any atom is -0.443 e. The summed E-state index contributed by atoms with van der Waals surface area (Å²) in [7, 11) is 0. The molecule has 0 aliphatic heterocycles. The van der Waals surface area contributed by atoms with Crippen molar-refractivity contribution < 1.29 is 23.5 Å². The van der Waals surface area contributed by atoms with Crippen LogP contribution in [0.1, 0.15) is 57.8 Å². The molecule has 33 heavy (non-hydrogen) atoms. The van der Waals surface area contributed by atoms with Gasteiger partial charge in [0.05, 0.1) is 5.69 Å². The van der Waals surface area contributed by atoms with Crippen molar-refractivity contribution >= 4 is 34.8 Å². The van der Waals surface area contributed by atoms with E-state index in [1.54, 1.807) is 11.6 Å².